The molecule has 0 radical (unpaired) electrons. The molecule has 0 fully saturated rings. The standard InChI is InChI=1S/C16H13F5N2O/c17-13-5-2-6-14(18)12(13)7-8-15(24)23-22-11-4-1-3-10(9-11)16(19,20)21/h1-6,9,22H,7-8H2,(H,23,24). The van der Waals surface area contributed by atoms with E-state index < -0.39 is 29.3 Å². The van der Waals surface area contributed by atoms with E-state index in [0.717, 1.165) is 24.3 Å². The highest BCUT2D eigenvalue weighted by atomic mass is 19.4. The van der Waals surface area contributed by atoms with Crippen LogP contribution in [0.15, 0.2) is 42.5 Å². The van der Waals surface area contributed by atoms with E-state index >= 15 is 0 Å². The number of hydrogen-bond acceptors (Lipinski definition) is 2. The Bertz CT molecular complexity index is 710. The number of halogens is 5. The molecule has 128 valence electrons. The smallest absolute Gasteiger partial charge is 0.299 e. The third-order valence-electron chi connectivity index (χ3n) is 3.20. The highest BCUT2D eigenvalue weighted by molar-refractivity contribution is 5.77. The molecule has 0 aliphatic rings. The molecular weight excluding hydrogens is 331 g/mol. The minimum Gasteiger partial charge on any atom is -0.299 e. The lowest BCUT2D eigenvalue weighted by molar-refractivity contribution is -0.137. The summed E-state index contributed by atoms with van der Waals surface area (Å²) in [4.78, 5) is 11.7. The van der Waals surface area contributed by atoms with E-state index in [4.69, 9.17) is 0 Å². The minimum atomic E-state index is -4.50. The lowest BCUT2D eigenvalue weighted by Crippen LogP contribution is -2.29. The number of nitrogens with one attached hydrogen (secondary N) is 2. The predicted octanol–water partition coefficient (Wildman–Crippen LogP) is 4.06. The molecule has 0 saturated carbocycles. The van der Waals surface area contributed by atoms with Crippen molar-refractivity contribution in [2.75, 3.05) is 5.43 Å². The van der Waals surface area contributed by atoms with Gasteiger partial charge in [-0.25, -0.2) is 8.78 Å². The molecule has 1 amide bonds. The quantitative estimate of drug-likeness (QED) is 0.634. The summed E-state index contributed by atoms with van der Waals surface area (Å²) in [5.74, 6) is -2.13. The van der Waals surface area contributed by atoms with Crippen LogP contribution < -0.4 is 10.9 Å². The first-order valence-corrected chi connectivity index (χ1v) is 6.92. The largest absolute Gasteiger partial charge is 0.416 e. The van der Waals surface area contributed by atoms with Crippen molar-refractivity contribution in [3.63, 3.8) is 0 Å². The molecule has 0 aromatic heterocycles. The maximum absolute atomic E-state index is 13.4. The van der Waals surface area contributed by atoms with Crippen molar-refractivity contribution in [3.8, 4) is 0 Å². The van der Waals surface area contributed by atoms with Gasteiger partial charge in [-0.05, 0) is 36.8 Å². The maximum Gasteiger partial charge on any atom is 0.416 e. The molecule has 8 heteroatoms. The predicted molar refractivity (Wildman–Crippen MR) is 77.9 cm³/mol. The van der Waals surface area contributed by atoms with Crippen LogP contribution >= 0.6 is 0 Å². The molecule has 0 aliphatic heterocycles. The van der Waals surface area contributed by atoms with Crippen LogP contribution in [0.4, 0.5) is 27.6 Å². The maximum atomic E-state index is 13.4. The molecule has 3 nitrogen and oxygen atoms in total. The topological polar surface area (TPSA) is 41.1 Å². The van der Waals surface area contributed by atoms with Crippen molar-refractivity contribution in [2.45, 2.75) is 19.0 Å². The number of amides is 1. The van der Waals surface area contributed by atoms with Crippen LogP contribution in [0.2, 0.25) is 0 Å². The summed E-state index contributed by atoms with van der Waals surface area (Å²) in [6.45, 7) is 0. The number of hydrazine groups is 1. The number of anilines is 1. The number of alkyl halides is 3. The zero-order valence-corrected chi connectivity index (χ0v) is 12.3. The fraction of sp³-hybridized carbons (Fsp3) is 0.188. The SMILES string of the molecule is O=C(CCc1c(F)cccc1F)NNc1cccc(C(F)(F)F)c1. The van der Waals surface area contributed by atoms with Crippen molar-refractivity contribution < 1.29 is 26.7 Å². The first-order chi connectivity index (χ1) is 11.3. The van der Waals surface area contributed by atoms with E-state index in [9.17, 15) is 26.7 Å². The monoisotopic (exact) mass is 344 g/mol. The van der Waals surface area contributed by atoms with Gasteiger partial charge in [0.1, 0.15) is 11.6 Å². The van der Waals surface area contributed by atoms with Gasteiger partial charge in [-0.2, -0.15) is 13.2 Å². The van der Waals surface area contributed by atoms with Gasteiger partial charge in [0.25, 0.3) is 0 Å². The number of carbonyl (C=O) groups excluding carboxylic acids is 1. The summed E-state index contributed by atoms with van der Waals surface area (Å²) in [6.07, 6.45) is -4.90. The summed E-state index contributed by atoms with van der Waals surface area (Å²) in [5, 5.41) is 0. The van der Waals surface area contributed by atoms with Crippen LogP contribution in [0.5, 0.6) is 0 Å². The molecule has 0 aliphatic carbocycles. The second kappa shape index (κ2) is 7.29. The third kappa shape index (κ3) is 4.68. The minimum absolute atomic E-state index is 0.0373. The second-order valence-electron chi connectivity index (χ2n) is 4.95. The van der Waals surface area contributed by atoms with Crippen LogP contribution in [-0.2, 0) is 17.4 Å². The first kappa shape index (κ1) is 17.7. The second-order valence-corrected chi connectivity index (χ2v) is 4.95. The van der Waals surface area contributed by atoms with Crippen LogP contribution in [-0.4, -0.2) is 5.91 Å². The van der Waals surface area contributed by atoms with Crippen LogP contribution in [0.3, 0.4) is 0 Å². The lowest BCUT2D eigenvalue weighted by atomic mass is 10.1. The lowest BCUT2D eigenvalue weighted by Gasteiger charge is -2.11. The fourth-order valence-electron chi connectivity index (χ4n) is 1.99. The summed E-state index contributed by atoms with van der Waals surface area (Å²) in [5.41, 5.74) is 3.48. The summed E-state index contributed by atoms with van der Waals surface area (Å²) < 4.78 is 64.5. The van der Waals surface area contributed by atoms with Crippen LogP contribution in [0, 0.1) is 11.6 Å². The molecule has 0 unspecified atom stereocenters. The molecule has 0 heterocycles. The molecule has 0 saturated heterocycles. The van der Waals surface area contributed by atoms with E-state index in [0.29, 0.717) is 0 Å². The molecule has 24 heavy (non-hydrogen) atoms. The third-order valence-corrected chi connectivity index (χ3v) is 3.20. The Morgan fingerprint density at radius 2 is 1.62 bits per heavy atom. The Kier molecular flexibility index (Phi) is 5.38. The van der Waals surface area contributed by atoms with E-state index in [1.54, 1.807) is 0 Å². The zero-order chi connectivity index (χ0) is 17.7. The van der Waals surface area contributed by atoms with Crippen molar-refractivity contribution in [3.05, 3.63) is 65.2 Å². The van der Waals surface area contributed by atoms with Gasteiger partial charge in [0.15, 0.2) is 0 Å². The highest BCUT2D eigenvalue weighted by Gasteiger charge is 2.30. The Labute approximate surface area is 134 Å². The van der Waals surface area contributed by atoms with E-state index in [1.807, 2.05) is 0 Å². The van der Waals surface area contributed by atoms with Gasteiger partial charge in [-0.3, -0.25) is 15.6 Å². The number of benzene rings is 2. The fourth-order valence-corrected chi connectivity index (χ4v) is 1.99. The summed E-state index contributed by atoms with van der Waals surface area (Å²) in [7, 11) is 0. The van der Waals surface area contributed by atoms with Gasteiger partial charge in [-0.15, -0.1) is 0 Å². The van der Waals surface area contributed by atoms with Gasteiger partial charge < -0.3 is 0 Å². The Morgan fingerprint density at radius 1 is 1.00 bits per heavy atom. The molecule has 2 aromatic carbocycles. The van der Waals surface area contributed by atoms with E-state index in [2.05, 4.69) is 10.9 Å². The highest BCUT2D eigenvalue weighted by Crippen LogP contribution is 2.30. The van der Waals surface area contributed by atoms with Crippen LogP contribution in [0.25, 0.3) is 0 Å². The number of hydrogen-bond donors (Lipinski definition) is 2. The Hall–Kier alpha value is -2.64. The first-order valence-electron chi connectivity index (χ1n) is 6.92. The molecular formula is C16H13F5N2O. The molecule has 2 aromatic rings. The van der Waals surface area contributed by atoms with Crippen LogP contribution in [0.1, 0.15) is 17.5 Å². The van der Waals surface area contributed by atoms with Crippen molar-refractivity contribution in [1.82, 2.24) is 5.43 Å². The van der Waals surface area contributed by atoms with E-state index in [-0.39, 0.29) is 24.1 Å². The Balaban J connectivity index is 1.90. The van der Waals surface area contributed by atoms with Gasteiger partial charge >= 0.3 is 6.18 Å². The molecule has 2 N–H and O–H groups in total. The normalized spacial score (nSPS) is 11.2. The summed E-state index contributed by atoms with van der Waals surface area (Å²) in [6, 6.07) is 7.63. The van der Waals surface area contributed by atoms with Gasteiger partial charge in [-0.1, -0.05) is 12.1 Å². The van der Waals surface area contributed by atoms with Gasteiger partial charge in [0.05, 0.1) is 11.3 Å². The molecule has 0 bridgehead atoms. The Morgan fingerprint density at radius 3 is 2.25 bits per heavy atom. The average molecular weight is 344 g/mol. The zero-order valence-electron chi connectivity index (χ0n) is 12.3. The number of rotatable bonds is 5. The molecule has 0 atom stereocenters. The van der Waals surface area contributed by atoms with Gasteiger partial charge in [0, 0.05) is 12.0 Å². The molecule has 0 spiro atoms. The molecule has 2 rings (SSSR count). The number of carbonyl (C=O) groups is 1. The summed E-state index contributed by atoms with van der Waals surface area (Å²) >= 11 is 0. The van der Waals surface area contributed by atoms with Crippen molar-refractivity contribution >= 4 is 11.6 Å². The van der Waals surface area contributed by atoms with E-state index in [1.165, 1.54) is 18.2 Å². The average Bonchev–Trinajstić information content (AvgIpc) is 2.52. The van der Waals surface area contributed by atoms with Crippen molar-refractivity contribution in [1.29, 1.82) is 0 Å². The van der Waals surface area contributed by atoms with Crippen molar-refractivity contribution in [2.24, 2.45) is 0 Å². The van der Waals surface area contributed by atoms with Gasteiger partial charge in [0.2, 0.25) is 5.91 Å².